The molecule has 1 aliphatic heterocycles. The Morgan fingerprint density at radius 3 is 2.61 bits per heavy atom. The number of hydrogen-bond acceptors (Lipinski definition) is 6. The average molecular weight is 426 g/mol. The summed E-state index contributed by atoms with van der Waals surface area (Å²) in [6, 6.07) is 6.08. The minimum Gasteiger partial charge on any atom is -0.355 e. The lowest BCUT2D eigenvalue weighted by Crippen LogP contribution is -2.39. The molecule has 1 saturated heterocycles. The molecule has 8 heteroatoms. The fourth-order valence-corrected chi connectivity index (χ4v) is 4.30. The highest BCUT2D eigenvalue weighted by atomic mass is 19.1. The third kappa shape index (κ3) is 5.00. The smallest absolute Gasteiger partial charge is 0.263 e. The van der Waals surface area contributed by atoms with Gasteiger partial charge in [0.15, 0.2) is 0 Å². The Kier molecular flexibility index (Phi) is 6.15. The van der Waals surface area contributed by atoms with Gasteiger partial charge in [0.1, 0.15) is 22.8 Å². The highest BCUT2D eigenvalue weighted by Crippen LogP contribution is 2.31. The van der Waals surface area contributed by atoms with Crippen molar-refractivity contribution in [3.05, 3.63) is 47.2 Å². The number of anilines is 1. The van der Waals surface area contributed by atoms with Gasteiger partial charge in [0.25, 0.3) is 5.71 Å². The third-order valence-corrected chi connectivity index (χ3v) is 5.68. The number of rotatable bonds is 6. The van der Waals surface area contributed by atoms with E-state index < -0.39 is 0 Å². The minimum absolute atomic E-state index is 0.108. The molecule has 3 heterocycles. The Balaban J connectivity index is 1.46. The quantitative estimate of drug-likeness (QED) is 0.647. The van der Waals surface area contributed by atoms with Crippen molar-refractivity contribution in [1.29, 1.82) is 0 Å². The zero-order valence-corrected chi connectivity index (χ0v) is 18.2. The number of aromatic nitrogens is 3. The van der Waals surface area contributed by atoms with E-state index in [-0.39, 0.29) is 18.1 Å². The first-order valence-corrected chi connectivity index (χ1v) is 10.8. The number of fused-ring (bicyclic) bond motifs is 1. The minimum atomic E-state index is -0.293. The molecular formula is C23H28FN5O2. The number of amides is 1. The number of nitrogens with zero attached hydrogens (tertiary/aromatic N) is 4. The van der Waals surface area contributed by atoms with Gasteiger partial charge >= 0.3 is 0 Å². The van der Waals surface area contributed by atoms with E-state index in [2.05, 4.69) is 34.2 Å². The van der Waals surface area contributed by atoms with Crippen LogP contribution in [0.25, 0.3) is 11.1 Å². The van der Waals surface area contributed by atoms with Gasteiger partial charge in [0, 0.05) is 32.5 Å². The fraction of sp³-hybridized carbons (Fsp3) is 0.478. The topological polar surface area (TPSA) is 84.1 Å². The second-order valence-electron chi connectivity index (χ2n) is 8.67. The molecule has 1 fully saturated rings. The summed E-state index contributed by atoms with van der Waals surface area (Å²) in [6.45, 7) is 8.63. The molecule has 31 heavy (non-hydrogen) atoms. The number of carbonyl (C=O) groups is 1. The monoisotopic (exact) mass is 425 g/mol. The van der Waals surface area contributed by atoms with Crippen LogP contribution in [0.3, 0.4) is 0 Å². The summed E-state index contributed by atoms with van der Waals surface area (Å²) in [5.74, 6) is 2.18. The molecule has 2 atom stereocenters. The summed E-state index contributed by atoms with van der Waals surface area (Å²) in [4.78, 5) is 23.9. The lowest BCUT2D eigenvalue weighted by Gasteiger charge is -2.36. The van der Waals surface area contributed by atoms with Crippen LogP contribution in [0.5, 0.6) is 0 Å². The van der Waals surface area contributed by atoms with Crippen molar-refractivity contribution in [2.45, 2.75) is 46.6 Å². The lowest BCUT2D eigenvalue weighted by molar-refractivity contribution is -0.121. The summed E-state index contributed by atoms with van der Waals surface area (Å²) in [5.41, 5.74) is 2.09. The van der Waals surface area contributed by atoms with Crippen molar-refractivity contribution in [3.8, 4) is 0 Å². The van der Waals surface area contributed by atoms with E-state index in [9.17, 15) is 9.18 Å². The van der Waals surface area contributed by atoms with Crippen molar-refractivity contribution in [2.24, 2.45) is 11.8 Å². The molecule has 1 N–H and O–H groups in total. The normalized spacial score (nSPS) is 19.0. The molecule has 0 saturated carbocycles. The number of piperidine rings is 1. The number of halogens is 1. The maximum atomic E-state index is 13.0. The summed E-state index contributed by atoms with van der Waals surface area (Å²) in [6.07, 6.45) is 1.86. The van der Waals surface area contributed by atoms with Gasteiger partial charge in [-0.1, -0.05) is 31.1 Å². The van der Waals surface area contributed by atoms with Crippen LogP contribution in [0.1, 0.15) is 43.8 Å². The first-order valence-electron chi connectivity index (χ1n) is 10.8. The molecule has 0 unspecified atom stereocenters. The Hall–Kier alpha value is -3.03. The van der Waals surface area contributed by atoms with E-state index in [0.29, 0.717) is 36.3 Å². The second-order valence-corrected chi connectivity index (χ2v) is 8.67. The maximum Gasteiger partial charge on any atom is 0.263 e. The number of carbonyl (C=O) groups excluding carboxylic acids is 1. The highest BCUT2D eigenvalue weighted by molar-refractivity contribution is 5.88. The molecule has 0 aliphatic carbocycles. The lowest BCUT2D eigenvalue weighted by atomic mass is 9.92. The molecule has 1 aliphatic rings. The molecule has 1 aromatic carbocycles. The largest absolute Gasteiger partial charge is 0.355 e. The van der Waals surface area contributed by atoms with Gasteiger partial charge in [-0.25, -0.2) is 9.37 Å². The molecule has 0 spiro atoms. The third-order valence-electron chi connectivity index (χ3n) is 5.68. The standard InChI is InChI=1S/C23H28FN5O2/c1-14-10-15(2)13-29(12-14)22-21-16(3)28-31-23(21)27-19(26-22)8-9-20(30)25-11-17-4-6-18(24)7-5-17/h4-7,14-15H,8-13H2,1-3H3,(H,25,30)/t14-,15-/m1/s1. The number of benzene rings is 1. The number of nitrogens with one attached hydrogen (secondary N) is 1. The van der Waals surface area contributed by atoms with E-state index in [1.165, 1.54) is 18.6 Å². The first kappa shape index (κ1) is 21.2. The Morgan fingerprint density at radius 2 is 1.90 bits per heavy atom. The number of hydrogen-bond donors (Lipinski definition) is 1. The SMILES string of the molecule is Cc1noc2nc(CCC(=O)NCc3ccc(F)cc3)nc(N3C[C@H](C)C[C@@H](C)C3)c12. The highest BCUT2D eigenvalue weighted by Gasteiger charge is 2.27. The second kappa shape index (κ2) is 8.99. The van der Waals surface area contributed by atoms with Crippen LogP contribution in [-0.2, 0) is 17.8 Å². The van der Waals surface area contributed by atoms with Gasteiger partial charge in [-0.3, -0.25) is 4.79 Å². The van der Waals surface area contributed by atoms with Crippen molar-refractivity contribution in [3.63, 3.8) is 0 Å². The average Bonchev–Trinajstić information content (AvgIpc) is 3.11. The Labute approximate surface area is 181 Å². The molecule has 3 aromatic rings. The molecule has 1 amide bonds. The first-order chi connectivity index (χ1) is 14.9. The van der Waals surface area contributed by atoms with Crippen molar-refractivity contribution < 1.29 is 13.7 Å². The van der Waals surface area contributed by atoms with E-state index in [1.54, 1.807) is 12.1 Å². The molecule has 7 nitrogen and oxygen atoms in total. The summed E-state index contributed by atoms with van der Waals surface area (Å²) >= 11 is 0. The predicted molar refractivity (Wildman–Crippen MR) is 116 cm³/mol. The summed E-state index contributed by atoms with van der Waals surface area (Å²) < 4.78 is 18.4. The van der Waals surface area contributed by atoms with Crippen LogP contribution in [0.4, 0.5) is 10.2 Å². The van der Waals surface area contributed by atoms with Crippen LogP contribution in [-0.4, -0.2) is 34.1 Å². The van der Waals surface area contributed by atoms with Gasteiger partial charge in [-0.05, 0) is 42.9 Å². The molecular weight excluding hydrogens is 397 g/mol. The molecule has 0 radical (unpaired) electrons. The van der Waals surface area contributed by atoms with Crippen LogP contribution >= 0.6 is 0 Å². The van der Waals surface area contributed by atoms with Gasteiger partial charge in [-0.15, -0.1) is 0 Å². The molecule has 0 bridgehead atoms. The van der Waals surface area contributed by atoms with Crippen LogP contribution in [0.15, 0.2) is 28.8 Å². The van der Waals surface area contributed by atoms with Gasteiger partial charge < -0.3 is 14.7 Å². The number of aryl methyl sites for hydroxylation is 2. The van der Waals surface area contributed by atoms with Crippen LogP contribution < -0.4 is 10.2 Å². The van der Waals surface area contributed by atoms with Crippen LogP contribution in [0, 0.1) is 24.6 Å². The zero-order valence-electron chi connectivity index (χ0n) is 18.2. The molecule has 2 aromatic heterocycles. The van der Waals surface area contributed by atoms with E-state index in [0.717, 1.165) is 35.6 Å². The van der Waals surface area contributed by atoms with Crippen molar-refractivity contribution in [2.75, 3.05) is 18.0 Å². The molecule has 164 valence electrons. The fourth-order valence-electron chi connectivity index (χ4n) is 4.30. The predicted octanol–water partition coefficient (Wildman–Crippen LogP) is 3.80. The van der Waals surface area contributed by atoms with Crippen LogP contribution in [0.2, 0.25) is 0 Å². The van der Waals surface area contributed by atoms with Gasteiger partial charge in [0.2, 0.25) is 5.91 Å². The zero-order chi connectivity index (χ0) is 22.0. The van der Waals surface area contributed by atoms with Gasteiger partial charge in [0.05, 0.1) is 5.69 Å². The van der Waals surface area contributed by atoms with Crippen molar-refractivity contribution >= 4 is 22.8 Å². The Bertz CT molecular complexity index is 1060. The van der Waals surface area contributed by atoms with E-state index in [1.807, 2.05) is 6.92 Å². The van der Waals surface area contributed by atoms with Crippen molar-refractivity contribution in [1.82, 2.24) is 20.4 Å². The maximum absolute atomic E-state index is 13.0. The van der Waals surface area contributed by atoms with Gasteiger partial charge in [-0.2, -0.15) is 4.98 Å². The Morgan fingerprint density at radius 1 is 1.19 bits per heavy atom. The summed E-state index contributed by atoms with van der Waals surface area (Å²) in [5, 5.41) is 7.79. The molecule has 4 rings (SSSR count). The summed E-state index contributed by atoms with van der Waals surface area (Å²) in [7, 11) is 0. The van der Waals surface area contributed by atoms with E-state index >= 15 is 0 Å². The van der Waals surface area contributed by atoms with E-state index in [4.69, 9.17) is 9.51 Å².